The standard InChI is InChI=1S/C10H14N6/c1-5-6(2)15-16-8(5)7-4-13-10(11)14-9(7)12-3/h4H,1-3H3,(H,15,16)(H3,11,12,13,14). The monoisotopic (exact) mass is 218 g/mol. The van der Waals surface area contributed by atoms with Gasteiger partial charge < -0.3 is 11.1 Å². The molecule has 0 fully saturated rings. The molecule has 0 spiro atoms. The second-order valence-electron chi connectivity index (χ2n) is 3.56. The lowest BCUT2D eigenvalue weighted by Crippen LogP contribution is -2.02. The van der Waals surface area contributed by atoms with Gasteiger partial charge in [0.2, 0.25) is 5.95 Å². The highest BCUT2D eigenvalue weighted by molar-refractivity contribution is 5.74. The number of anilines is 2. The molecule has 0 saturated carbocycles. The third kappa shape index (κ3) is 1.58. The summed E-state index contributed by atoms with van der Waals surface area (Å²) >= 11 is 0. The van der Waals surface area contributed by atoms with E-state index in [0.717, 1.165) is 22.5 Å². The van der Waals surface area contributed by atoms with Crippen LogP contribution in [0.25, 0.3) is 11.3 Å². The minimum Gasteiger partial charge on any atom is -0.372 e. The highest BCUT2D eigenvalue weighted by atomic mass is 15.1. The van der Waals surface area contributed by atoms with Crippen LogP contribution in [0.3, 0.4) is 0 Å². The van der Waals surface area contributed by atoms with Gasteiger partial charge in [-0.2, -0.15) is 10.1 Å². The van der Waals surface area contributed by atoms with Gasteiger partial charge in [0.05, 0.1) is 5.56 Å². The molecule has 2 heterocycles. The van der Waals surface area contributed by atoms with Gasteiger partial charge in [-0.1, -0.05) is 0 Å². The molecule has 0 aliphatic rings. The first kappa shape index (κ1) is 10.4. The molecule has 16 heavy (non-hydrogen) atoms. The van der Waals surface area contributed by atoms with Crippen LogP contribution in [0.1, 0.15) is 11.3 Å². The van der Waals surface area contributed by atoms with E-state index in [0.29, 0.717) is 5.82 Å². The molecule has 6 heteroatoms. The number of rotatable bonds is 2. The number of hydrogen-bond donors (Lipinski definition) is 3. The highest BCUT2D eigenvalue weighted by Gasteiger charge is 2.13. The molecule has 0 unspecified atom stereocenters. The van der Waals surface area contributed by atoms with Crippen molar-refractivity contribution in [2.45, 2.75) is 13.8 Å². The summed E-state index contributed by atoms with van der Waals surface area (Å²) in [5, 5.41) is 10.2. The second kappa shape index (κ2) is 3.80. The van der Waals surface area contributed by atoms with Crippen LogP contribution in [0.4, 0.5) is 11.8 Å². The Morgan fingerprint density at radius 2 is 2.12 bits per heavy atom. The van der Waals surface area contributed by atoms with E-state index in [2.05, 4.69) is 25.5 Å². The van der Waals surface area contributed by atoms with Crippen LogP contribution in [0.2, 0.25) is 0 Å². The van der Waals surface area contributed by atoms with Crippen LogP contribution < -0.4 is 11.1 Å². The van der Waals surface area contributed by atoms with Gasteiger partial charge in [0, 0.05) is 18.9 Å². The molecule has 0 aliphatic heterocycles. The van der Waals surface area contributed by atoms with Crippen LogP contribution in [-0.2, 0) is 0 Å². The zero-order valence-electron chi connectivity index (χ0n) is 9.50. The number of nitrogens with two attached hydrogens (primary N) is 1. The minimum atomic E-state index is 0.248. The van der Waals surface area contributed by atoms with Gasteiger partial charge in [-0.15, -0.1) is 0 Å². The normalized spacial score (nSPS) is 10.4. The Morgan fingerprint density at radius 1 is 1.38 bits per heavy atom. The third-order valence-corrected chi connectivity index (χ3v) is 2.55. The smallest absolute Gasteiger partial charge is 0.221 e. The van der Waals surface area contributed by atoms with Gasteiger partial charge in [0.1, 0.15) is 11.5 Å². The molecule has 6 nitrogen and oxygen atoms in total. The summed E-state index contributed by atoms with van der Waals surface area (Å²) in [6.45, 7) is 3.98. The van der Waals surface area contributed by atoms with Crippen molar-refractivity contribution in [1.29, 1.82) is 0 Å². The lowest BCUT2D eigenvalue weighted by Gasteiger charge is -2.06. The summed E-state index contributed by atoms with van der Waals surface area (Å²) in [5.41, 5.74) is 9.35. The van der Waals surface area contributed by atoms with Gasteiger partial charge in [0.15, 0.2) is 0 Å². The van der Waals surface area contributed by atoms with E-state index in [-0.39, 0.29) is 5.95 Å². The third-order valence-electron chi connectivity index (χ3n) is 2.55. The minimum absolute atomic E-state index is 0.248. The van der Waals surface area contributed by atoms with E-state index in [1.54, 1.807) is 13.2 Å². The molecule has 0 bridgehead atoms. The van der Waals surface area contributed by atoms with Crippen molar-refractivity contribution >= 4 is 11.8 Å². The average molecular weight is 218 g/mol. The van der Waals surface area contributed by atoms with Gasteiger partial charge in [-0.05, 0) is 19.4 Å². The molecular weight excluding hydrogens is 204 g/mol. The van der Waals surface area contributed by atoms with Gasteiger partial charge in [-0.25, -0.2) is 4.98 Å². The average Bonchev–Trinajstić information content (AvgIpc) is 2.60. The summed E-state index contributed by atoms with van der Waals surface area (Å²) in [6.07, 6.45) is 1.68. The van der Waals surface area contributed by atoms with E-state index in [9.17, 15) is 0 Å². The zero-order valence-corrected chi connectivity index (χ0v) is 9.50. The molecule has 2 aromatic heterocycles. The zero-order chi connectivity index (χ0) is 11.7. The summed E-state index contributed by atoms with van der Waals surface area (Å²) < 4.78 is 0. The molecule has 0 saturated heterocycles. The number of nitrogen functional groups attached to an aromatic ring is 1. The number of H-pyrrole nitrogens is 1. The molecule has 2 aromatic rings. The van der Waals surface area contributed by atoms with Crippen LogP contribution in [0.5, 0.6) is 0 Å². The number of aryl methyl sites for hydroxylation is 1. The molecule has 4 N–H and O–H groups in total. The summed E-state index contributed by atoms with van der Waals surface area (Å²) in [6, 6.07) is 0. The molecule has 2 rings (SSSR count). The number of hydrogen-bond acceptors (Lipinski definition) is 5. The number of nitrogens with one attached hydrogen (secondary N) is 2. The molecule has 0 aromatic carbocycles. The second-order valence-corrected chi connectivity index (χ2v) is 3.56. The molecule has 84 valence electrons. The summed E-state index contributed by atoms with van der Waals surface area (Å²) in [4.78, 5) is 8.11. The number of aromatic nitrogens is 4. The Morgan fingerprint density at radius 3 is 2.69 bits per heavy atom. The lowest BCUT2D eigenvalue weighted by atomic mass is 10.1. The first-order valence-electron chi connectivity index (χ1n) is 4.95. The largest absolute Gasteiger partial charge is 0.372 e. The maximum absolute atomic E-state index is 5.53. The Balaban J connectivity index is 2.59. The van der Waals surface area contributed by atoms with E-state index in [1.165, 1.54) is 0 Å². The van der Waals surface area contributed by atoms with E-state index in [4.69, 9.17) is 5.73 Å². The first-order chi connectivity index (χ1) is 7.63. The van der Waals surface area contributed by atoms with Crippen molar-refractivity contribution in [2.75, 3.05) is 18.1 Å². The van der Waals surface area contributed by atoms with Crippen molar-refractivity contribution in [3.63, 3.8) is 0 Å². The Hall–Kier alpha value is -2.11. The number of aromatic amines is 1. The topological polar surface area (TPSA) is 92.5 Å². The molecule has 0 amide bonds. The van der Waals surface area contributed by atoms with Crippen molar-refractivity contribution in [1.82, 2.24) is 20.2 Å². The van der Waals surface area contributed by atoms with Gasteiger partial charge in [-0.3, -0.25) is 5.10 Å². The number of nitrogens with zero attached hydrogens (tertiary/aromatic N) is 3. The Kier molecular flexibility index (Phi) is 2.47. The lowest BCUT2D eigenvalue weighted by molar-refractivity contribution is 1.04. The fraction of sp³-hybridized carbons (Fsp3) is 0.300. The maximum Gasteiger partial charge on any atom is 0.221 e. The van der Waals surface area contributed by atoms with E-state index >= 15 is 0 Å². The SMILES string of the molecule is CNc1nc(N)ncc1-c1n[nH]c(C)c1C. The first-order valence-corrected chi connectivity index (χ1v) is 4.95. The Bertz CT molecular complexity index is 516. The van der Waals surface area contributed by atoms with E-state index < -0.39 is 0 Å². The van der Waals surface area contributed by atoms with Crippen LogP contribution in [-0.4, -0.2) is 27.2 Å². The molecule has 0 aliphatic carbocycles. The molecule has 0 radical (unpaired) electrons. The summed E-state index contributed by atoms with van der Waals surface area (Å²) in [7, 11) is 1.79. The van der Waals surface area contributed by atoms with Crippen LogP contribution in [0, 0.1) is 13.8 Å². The fourth-order valence-electron chi connectivity index (χ4n) is 1.51. The van der Waals surface area contributed by atoms with Gasteiger partial charge in [0.25, 0.3) is 0 Å². The predicted octanol–water partition coefficient (Wildman–Crippen LogP) is 1.11. The predicted molar refractivity (Wildman–Crippen MR) is 63.0 cm³/mol. The van der Waals surface area contributed by atoms with Crippen molar-refractivity contribution < 1.29 is 0 Å². The van der Waals surface area contributed by atoms with Crippen LogP contribution in [0.15, 0.2) is 6.20 Å². The van der Waals surface area contributed by atoms with Crippen LogP contribution >= 0.6 is 0 Å². The highest BCUT2D eigenvalue weighted by Crippen LogP contribution is 2.27. The van der Waals surface area contributed by atoms with E-state index in [1.807, 2.05) is 13.8 Å². The quantitative estimate of drug-likeness (QED) is 0.702. The Labute approximate surface area is 93.3 Å². The molecule has 0 atom stereocenters. The van der Waals surface area contributed by atoms with Gasteiger partial charge >= 0.3 is 0 Å². The van der Waals surface area contributed by atoms with Crippen molar-refractivity contribution in [3.05, 3.63) is 17.5 Å². The fourth-order valence-corrected chi connectivity index (χ4v) is 1.51. The maximum atomic E-state index is 5.53. The van der Waals surface area contributed by atoms with Crippen molar-refractivity contribution in [3.8, 4) is 11.3 Å². The molecular formula is C10H14N6. The summed E-state index contributed by atoms with van der Waals surface area (Å²) in [5.74, 6) is 0.931. The van der Waals surface area contributed by atoms with Crippen molar-refractivity contribution in [2.24, 2.45) is 0 Å².